The average molecular weight is 282 g/mol. The Bertz CT molecular complexity index is 640. The minimum atomic E-state index is 0.0838. The molecule has 21 heavy (non-hydrogen) atoms. The second kappa shape index (κ2) is 5.45. The lowest BCUT2D eigenvalue weighted by molar-refractivity contribution is 0.292. The summed E-state index contributed by atoms with van der Waals surface area (Å²) in [6.45, 7) is 5.19. The van der Waals surface area contributed by atoms with Crippen LogP contribution in [0, 0.1) is 5.41 Å². The Morgan fingerprint density at radius 3 is 2.76 bits per heavy atom. The number of hydrogen-bond acceptors (Lipinski definition) is 3. The van der Waals surface area contributed by atoms with Crippen LogP contribution in [-0.4, -0.2) is 21.0 Å². The van der Waals surface area contributed by atoms with Gasteiger partial charge in [0, 0.05) is 6.04 Å². The number of benzene rings is 1. The van der Waals surface area contributed by atoms with E-state index in [1.54, 1.807) is 0 Å². The van der Waals surface area contributed by atoms with Gasteiger partial charge in [0.05, 0.1) is 12.7 Å². The quantitative estimate of drug-likeness (QED) is 0.941. The second-order valence-electron chi connectivity index (χ2n) is 6.49. The number of hydrogen-bond donors (Lipinski definition) is 1. The van der Waals surface area contributed by atoms with Crippen LogP contribution in [0.5, 0.6) is 0 Å². The molecule has 1 aromatic carbocycles. The molecule has 2 aromatic rings. The van der Waals surface area contributed by atoms with Crippen LogP contribution in [0.2, 0.25) is 0 Å². The smallest absolute Gasteiger partial charge is 0.108 e. The Kier molecular flexibility index (Phi) is 3.64. The first kappa shape index (κ1) is 14.0. The van der Waals surface area contributed by atoms with Crippen molar-refractivity contribution in [2.24, 2.45) is 11.1 Å². The van der Waals surface area contributed by atoms with E-state index in [-0.39, 0.29) is 11.5 Å². The first-order valence-corrected chi connectivity index (χ1v) is 7.45. The average Bonchev–Trinajstić information content (AvgIpc) is 2.91. The van der Waals surface area contributed by atoms with Gasteiger partial charge >= 0.3 is 0 Å². The summed E-state index contributed by atoms with van der Waals surface area (Å²) >= 11 is 0. The molecule has 0 radical (unpaired) electrons. The number of aromatic nitrogens is 3. The summed E-state index contributed by atoms with van der Waals surface area (Å²) in [5, 5.41) is 8.54. The minimum absolute atomic E-state index is 0.0838. The fourth-order valence-corrected chi connectivity index (χ4v) is 2.66. The van der Waals surface area contributed by atoms with Gasteiger partial charge in [0.25, 0.3) is 0 Å². The fraction of sp³-hybridized carbons (Fsp3) is 0.412. The van der Waals surface area contributed by atoms with Gasteiger partial charge in [0.2, 0.25) is 0 Å². The first-order valence-electron chi connectivity index (χ1n) is 7.45. The summed E-state index contributed by atoms with van der Waals surface area (Å²) < 4.78 is 1.89. The van der Waals surface area contributed by atoms with Crippen molar-refractivity contribution in [3.63, 3.8) is 0 Å². The maximum absolute atomic E-state index is 6.24. The molecule has 1 unspecified atom stereocenters. The van der Waals surface area contributed by atoms with Gasteiger partial charge in [-0.25, -0.2) is 4.68 Å². The SMILES string of the molecule is CC1(C)CCC(c2cn(Cc3ccccc3)nn2)=CC1N. The van der Waals surface area contributed by atoms with E-state index in [0.717, 1.165) is 25.1 Å². The molecular weight excluding hydrogens is 260 g/mol. The van der Waals surface area contributed by atoms with Crippen molar-refractivity contribution in [1.29, 1.82) is 0 Å². The summed E-state index contributed by atoms with van der Waals surface area (Å²) in [6.07, 6.45) is 6.28. The van der Waals surface area contributed by atoms with Crippen molar-refractivity contribution in [1.82, 2.24) is 15.0 Å². The van der Waals surface area contributed by atoms with E-state index in [9.17, 15) is 0 Å². The zero-order chi connectivity index (χ0) is 14.9. The number of nitrogens with two attached hydrogens (primary N) is 1. The van der Waals surface area contributed by atoms with E-state index < -0.39 is 0 Å². The summed E-state index contributed by atoms with van der Waals surface area (Å²) in [6, 6.07) is 10.4. The van der Waals surface area contributed by atoms with Gasteiger partial charge < -0.3 is 5.73 Å². The zero-order valence-corrected chi connectivity index (χ0v) is 12.7. The van der Waals surface area contributed by atoms with E-state index in [0.29, 0.717) is 0 Å². The van der Waals surface area contributed by atoms with Crippen molar-refractivity contribution in [2.45, 2.75) is 39.3 Å². The van der Waals surface area contributed by atoms with Gasteiger partial charge in [0.15, 0.2) is 0 Å². The van der Waals surface area contributed by atoms with Crippen molar-refractivity contribution in [3.05, 3.63) is 53.9 Å². The van der Waals surface area contributed by atoms with Crippen molar-refractivity contribution >= 4 is 5.57 Å². The van der Waals surface area contributed by atoms with Gasteiger partial charge in [-0.1, -0.05) is 55.5 Å². The predicted molar refractivity (Wildman–Crippen MR) is 84.5 cm³/mol. The summed E-state index contributed by atoms with van der Waals surface area (Å²) in [4.78, 5) is 0. The molecule has 1 aliphatic rings. The molecule has 0 spiro atoms. The lowest BCUT2D eigenvalue weighted by atomic mass is 9.74. The van der Waals surface area contributed by atoms with Crippen LogP contribution in [0.15, 0.2) is 42.6 Å². The minimum Gasteiger partial charge on any atom is -0.324 e. The summed E-state index contributed by atoms with van der Waals surface area (Å²) in [5.41, 5.74) is 9.81. The molecule has 0 aliphatic heterocycles. The molecule has 0 saturated carbocycles. The van der Waals surface area contributed by atoms with Gasteiger partial charge in [-0.2, -0.15) is 0 Å². The molecule has 2 N–H and O–H groups in total. The van der Waals surface area contributed by atoms with E-state index >= 15 is 0 Å². The third-order valence-electron chi connectivity index (χ3n) is 4.38. The normalized spacial score (nSPS) is 21.1. The third-order valence-corrected chi connectivity index (χ3v) is 4.38. The molecule has 1 atom stereocenters. The number of allylic oxidation sites excluding steroid dienone is 1. The molecular formula is C17H22N4. The lowest BCUT2D eigenvalue weighted by Crippen LogP contribution is -2.38. The maximum Gasteiger partial charge on any atom is 0.108 e. The first-order chi connectivity index (χ1) is 10.0. The Labute approximate surface area is 125 Å². The van der Waals surface area contributed by atoms with E-state index in [1.165, 1.54) is 11.1 Å². The topological polar surface area (TPSA) is 56.7 Å². The van der Waals surface area contributed by atoms with Crippen LogP contribution < -0.4 is 5.73 Å². The maximum atomic E-state index is 6.24. The molecule has 1 aromatic heterocycles. The largest absolute Gasteiger partial charge is 0.324 e. The number of nitrogens with zero attached hydrogens (tertiary/aromatic N) is 3. The number of rotatable bonds is 3. The fourth-order valence-electron chi connectivity index (χ4n) is 2.66. The van der Waals surface area contributed by atoms with Crippen LogP contribution >= 0.6 is 0 Å². The highest BCUT2D eigenvalue weighted by atomic mass is 15.4. The Hall–Kier alpha value is -1.94. The summed E-state index contributed by atoms with van der Waals surface area (Å²) in [7, 11) is 0. The van der Waals surface area contributed by atoms with Crippen LogP contribution in [0.4, 0.5) is 0 Å². The van der Waals surface area contributed by atoms with E-state index in [1.807, 2.05) is 29.1 Å². The molecule has 4 nitrogen and oxygen atoms in total. The van der Waals surface area contributed by atoms with Crippen molar-refractivity contribution in [2.75, 3.05) is 0 Å². The van der Waals surface area contributed by atoms with Gasteiger partial charge in [-0.3, -0.25) is 0 Å². The summed E-state index contributed by atoms with van der Waals surface area (Å²) in [5.74, 6) is 0. The van der Waals surface area contributed by atoms with Crippen LogP contribution in [0.25, 0.3) is 5.57 Å². The van der Waals surface area contributed by atoms with Gasteiger partial charge in [-0.15, -0.1) is 5.10 Å². The van der Waals surface area contributed by atoms with Crippen LogP contribution in [0.3, 0.4) is 0 Å². The molecule has 0 saturated heterocycles. The lowest BCUT2D eigenvalue weighted by Gasteiger charge is -2.34. The monoisotopic (exact) mass is 282 g/mol. The molecule has 0 bridgehead atoms. The van der Waals surface area contributed by atoms with E-state index in [4.69, 9.17) is 5.73 Å². The standard InChI is InChI=1S/C17H22N4/c1-17(2)9-8-14(10-16(17)18)15-12-21(20-19-15)11-13-6-4-3-5-7-13/h3-7,10,12,16H,8-9,11,18H2,1-2H3. The second-order valence-corrected chi connectivity index (χ2v) is 6.49. The predicted octanol–water partition coefficient (Wildman–Crippen LogP) is 2.86. The van der Waals surface area contributed by atoms with Gasteiger partial charge in [0.1, 0.15) is 5.69 Å². The molecule has 3 rings (SSSR count). The van der Waals surface area contributed by atoms with Crippen LogP contribution in [0.1, 0.15) is 37.9 Å². The highest BCUT2D eigenvalue weighted by Crippen LogP contribution is 2.36. The molecule has 1 aliphatic carbocycles. The third kappa shape index (κ3) is 3.05. The molecule has 4 heteroatoms. The van der Waals surface area contributed by atoms with Crippen molar-refractivity contribution < 1.29 is 0 Å². The molecule has 0 amide bonds. The van der Waals surface area contributed by atoms with E-state index in [2.05, 4.69) is 42.4 Å². The zero-order valence-electron chi connectivity index (χ0n) is 12.7. The Morgan fingerprint density at radius 1 is 1.29 bits per heavy atom. The highest BCUT2D eigenvalue weighted by Gasteiger charge is 2.30. The molecule has 0 fully saturated rings. The van der Waals surface area contributed by atoms with Gasteiger partial charge in [-0.05, 0) is 29.4 Å². The Morgan fingerprint density at radius 2 is 2.05 bits per heavy atom. The van der Waals surface area contributed by atoms with Crippen LogP contribution in [-0.2, 0) is 6.54 Å². The molecule has 1 heterocycles. The highest BCUT2D eigenvalue weighted by molar-refractivity contribution is 5.63. The van der Waals surface area contributed by atoms with Crippen molar-refractivity contribution in [3.8, 4) is 0 Å². The Balaban J connectivity index is 1.77. The molecule has 110 valence electrons.